The van der Waals surface area contributed by atoms with Gasteiger partial charge in [0.05, 0.1) is 11.5 Å². The van der Waals surface area contributed by atoms with Gasteiger partial charge in [-0.3, -0.25) is 4.79 Å². The molecule has 4 nitrogen and oxygen atoms in total. The molecule has 0 radical (unpaired) electrons. The topological polar surface area (TPSA) is 54.5 Å². The molecular formula is C12H13F2NO3S. The van der Waals surface area contributed by atoms with Crippen LogP contribution in [0.1, 0.15) is 16.8 Å². The number of nitrogens with zero attached hydrogens (tertiary/aromatic N) is 1. The van der Waals surface area contributed by atoms with Crippen LogP contribution in [0.2, 0.25) is 0 Å². The second-order valence-electron chi connectivity index (χ2n) is 4.57. The highest BCUT2D eigenvalue weighted by Gasteiger charge is 2.34. The lowest BCUT2D eigenvalue weighted by molar-refractivity contribution is 0.0738. The second-order valence-corrected chi connectivity index (χ2v) is 6.80. The van der Waals surface area contributed by atoms with Gasteiger partial charge in [0.2, 0.25) is 0 Å². The summed E-state index contributed by atoms with van der Waals surface area (Å²) < 4.78 is 49.7. The lowest BCUT2D eigenvalue weighted by Crippen LogP contribution is -2.38. The van der Waals surface area contributed by atoms with Crippen LogP contribution in [0.3, 0.4) is 0 Å². The quantitative estimate of drug-likeness (QED) is 0.822. The summed E-state index contributed by atoms with van der Waals surface area (Å²) in [5.74, 6) is -2.89. The van der Waals surface area contributed by atoms with Crippen LogP contribution in [0, 0.1) is 11.6 Å². The van der Waals surface area contributed by atoms with E-state index in [1.54, 1.807) is 0 Å². The number of hydrogen-bond donors (Lipinski definition) is 0. The zero-order valence-corrected chi connectivity index (χ0v) is 11.1. The van der Waals surface area contributed by atoms with E-state index in [0.29, 0.717) is 6.42 Å². The van der Waals surface area contributed by atoms with Crippen molar-refractivity contribution in [1.82, 2.24) is 4.90 Å². The van der Waals surface area contributed by atoms with E-state index in [1.165, 1.54) is 13.1 Å². The molecule has 1 aromatic rings. The standard InChI is InChI=1S/C12H13F2NO3S/c1-15(8-5-6-19(17,18)7-8)12(16)11-9(13)3-2-4-10(11)14/h2-4,8H,5-7H2,1H3/t8-/m0/s1. The molecule has 1 aliphatic rings. The number of hydrogen-bond acceptors (Lipinski definition) is 3. The predicted molar refractivity (Wildman–Crippen MR) is 65.5 cm³/mol. The first-order valence-corrected chi connectivity index (χ1v) is 7.55. The number of benzene rings is 1. The summed E-state index contributed by atoms with van der Waals surface area (Å²) in [6.07, 6.45) is 0.292. The molecule has 1 heterocycles. The van der Waals surface area contributed by atoms with Crippen molar-refractivity contribution in [2.24, 2.45) is 0 Å². The molecule has 1 aliphatic heterocycles. The van der Waals surface area contributed by atoms with E-state index in [4.69, 9.17) is 0 Å². The minimum absolute atomic E-state index is 0.00492. The largest absolute Gasteiger partial charge is 0.337 e. The average Bonchev–Trinajstić information content (AvgIpc) is 2.68. The van der Waals surface area contributed by atoms with E-state index in [-0.39, 0.29) is 11.5 Å². The van der Waals surface area contributed by atoms with Crippen molar-refractivity contribution in [2.45, 2.75) is 12.5 Å². The SMILES string of the molecule is CN(C(=O)c1c(F)cccc1F)[C@H]1CCS(=O)(=O)C1. The molecule has 0 N–H and O–H groups in total. The van der Waals surface area contributed by atoms with Crippen molar-refractivity contribution in [3.8, 4) is 0 Å². The van der Waals surface area contributed by atoms with Crippen LogP contribution in [0.4, 0.5) is 8.78 Å². The van der Waals surface area contributed by atoms with Crippen LogP contribution in [-0.4, -0.2) is 43.8 Å². The fourth-order valence-electron chi connectivity index (χ4n) is 2.13. The maximum Gasteiger partial charge on any atom is 0.259 e. The fraction of sp³-hybridized carbons (Fsp3) is 0.417. The van der Waals surface area contributed by atoms with Gasteiger partial charge in [-0.1, -0.05) is 6.07 Å². The number of halogens is 2. The summed E-state index contributed by atoms with van der Waals surface area (Å²) >= 11 is 0. The zero-order chi connectivity index (χ0) is 14.2. The van der Waals surface area contributed by atoms with Crippen LogP contribution >= 0.6 is 0 Å². The maximum atomic E-state index is 13.5. The maximum absolute atomic E-state index is 13.5. The normalized spacial score (nSPS) is 21.3. The number of rotatable bonds is 2. The van der Waals surface area contributed by atoms with Gasteiger partial charge in [0, 0.05) is 13.1 Å². The molecule has 104 valence electrons. The molecule has 1 fully saturated rings. The van der Waals surface area contributed by atoms with Crippen LogP contribution < -0.4 is 0 Å². The summed E-state index contributed by atoms with van der Waals surface area (Å²) in [7, 11) is -1.80. The van der Waals surface area contributed by atoms with Gasteiger partial charge in [0.15, 0.2) is 9.84 Å². The highest BCUT2D eigenvalue weighted by Crippen LogP contribution is 2.20. The van der Waals surface area contributed by atoms with Crippen molar-refractivity contribution in [3.05, 3.63) is 35.4 Å². The Balaban J connectivity index is 2.25. The molecule has 0 bridgehead atoms. The molecule has 1 saturated heterocycles. The Labute approximate surface area is 109 Å². The minimum Gasteiger partial charge on any atom is -0.337 e. The lowest BCUT2D eigenvalue weighted by Gasteiger charge is -2.23. The van der Waals surface area contributed by atoms with Crippen molar-refractivity contribution in [3.63, 3.8) is 0 Å². The van der Waals surface area contributed by atoms with E-state index in [0.717, 1.165) is 17.0 Å². The number of carbonyl (C=O) groups excluding carboxylic acids is 1. The van der Waals surface area contributed by atoms with E-state index in [9.17, 15) is 22.0 Å². The monoisotopic (exact) mass is 289 g/mol. The highest BCUT2D eigenvalue weighted by molar-refractivity contribution is 7.91. The summed E-state index contributed by atoms with van der Waals surface area (Å²) in [6, 6.07) is 2.63. The van der Waals surface area contributed by atoms with Crippen LogP contribution in [0.25, 0.3) is 0 Å². The smallest absolute Gasteiger partial charge is 0.259 e. The highest BCUT2D eigenvalue weighted by atomic mass is 32.2. The Morgan fingerprint density at radius 3 is 2.37 bits per heavy atom. The zero-order valence-electron chi connectivity index (χ0n) is 10.3. The molecular weight excluding hydrogens is 276 g/mol. The van der Waals surface area contributed by atoms with Gasteiger partial charge in [-0.05, 0) is 18.6 Å². The van der Waals surface area contributed by atoms with E-state index >= 15 is 0 Å². The predicted octanol–water partition coefficient (Wildman–Crippen LogP) is 1.22. The Morgan fingerprint density at radius 2 is 1.89 bits per heavy atom. The Morgan fingerprint density at radius 1 is 1.32 bits per heavy atom. The molecule has 7 heteroatoms. The van der Waals surface area contributed by atoms with Crippen molar-refractivity contribution in [1.29, 1.82) is 0 Å². The molecule has 1 atom stereocenters. The molecule has 0 spiro atoms. The second kappa shape index (κ2) is 4.88. The van der Waals surface area contributed by atoms with Crippen LogP contribution in [0.5, 0.6) is 0 Å². The first-order valence-electron chi connectivity index (χ1n) is 5.73. The van der Waals surface area contributed by atoms with Gasteiger partial charge in [0.1, 0.15) is 17.2 Å². The Kier molecular flexibility index (Phi) is 3.58. The molecule has 2 rings (SSSR count). The number of amides is 1. The van der Waals surface area contributed by atoms with Gasteiger partial charge in [-0.2, -0.15) is 0 Å². The molecule has 0 unspecified atom stereocenters. The molecule has 1 aromatic carbocycles. The van der Waals surface area contributed by atoms with Gasteiger partial charge in [0.25, 0.3) is 5.91 Å². The summed E-state index contributed by atoms with van der Waals surface area (Å²) in [5.41, 5.74) is -0.644. The van der Waals surface area contributed by atoms with Crippen LogP contribution in [0.15, 0.2) is 18.2 Å². The summed E-state index contributed by atoms with van der Waals surface area (Å²) in [5, 5.41) is 0. The molecule has 19 heavy (non-hydrogen) atoms. The minimum atomic E-state index is -3.16. The number of sulfone groups is 1. The van der Waals surface area contributed by atoms with Crippen molar-refractivity contribution < 1.29 is 22.0 Å². The third kappa shape index (κ3) is 2.75. The fourth-order valence-corrected chi connectivity index (χ4v) is 3.90. The molecule has 1 amide bonds. The molecule has 0 saturated carbocycles. The first kappa shape index (κ1) is 13.9. The van der Waals surface area contributed by atoms with Gasteiger partial charge < -0.3 is 4.90 Å². The Hall–Kier alpha value is -1.50. The van der Waals surface area contributed by atoms with E-state index in [2.05, 4.69) is 0 Å². The number of carbonyl (C=O) groups is 1. The van der Waals surface area contributed by atoms with Crippen molar-refractivity contribution in [2.75, 3.05) is 18.6 Å². The third-order valence-electron chi connectivity index (χ3n) is 3.25. The van der Waals surface area contributed by atoms with Gasteiger partial charge in [-0.15, -0.1) is 0 Å². The van der Waals surface area contributed by atoms with E-state index in [1.807, 2.05) is 0 Å². The molecule has 0 aromatic heterocycles. The first-order chi connectivity index (χ1) is 8.82. The van der Waals surface area contributed by atoms with Crippen molar-refractivity contribution >= 4 is 15.7 Å². The van der Waals surface area contributed by atoms with Gasteiger partial charge in [-0.25, -0.2) is 17.2 Å². The molecule has 0 aliphatic carbocycles. The van der Waals surface area contributed by atoms with Gasteiger partial charge >= 0.3 is 0 Å². The lowest BCUT2D eigenvalue weighted by atomic mass is 10.1. The summed E-state index contributed by atoms with van der Waals surface area (Å²) in [4.78, 5) is 13.1. The van der Waals surface area contributed by atoms with E-state index < -0.39 is 39.0 Å². The summed E-state index contributed by atoms with van der Waals surface area (Å²) in [6.45, 7) is 0. The Bertz CT molecular complexity index is 595. The van der Waals surface area contributed by atoms with Crippen LogP contribution in [-0.2, 0) is 9.84 Å². The average molecular weight is 289 g/mol. The third-order valence-corrected chi connectivity index (χ3v) is 5.00.